The molecule has 4 aromatic heterocycles. The van der Waals surface area contributed by atoms with Crippen LogP contribution in [0.1, 0.15) is 38.5 Å². The Balaban J connectivity index is 1.15. The van der Waals surface area contributed by atoms with Crippen molar-refractivity contribution in [2.24, 2.45) is 0 Å². The van der Waals surface area contributed by atoms with Gasteiger partial charge in [0.25, 0.3) is 0 Å². The second kappa shape index (κ2) is 9.58. The lowest BCUT2D eigenvalue weighted by molar-refractivity contribution is 0.186. The highest BCUT2D eigenvalue weighted by Crippen LogP contribution is 2.28. The number of fused-ring (bicyclic) bond motifs is 1. The standard InChI is InChI=1S/C26H29FN8/c27-21-4-3-13-28-26(21)32-23-10-5-18(16-29-23)22-17-30-25-12-11-24(33-35(22)25)31-19-6-8-20(9-7-19)34-14-1-2-15-34/h3-5,10-13,16-17,19-20H,1-2,6-9,14-15H2,(H,31,33)(H,28,29,32)/t19-,20-. The number of hydrogen-bond donors (Lipinski definition) is 2. The second-order valence-corrected chi connectivity index (χ2v) is 9.42. The number of rotatable bonds is 6. The van der Waals surface area contributed by atoms with Crippen molar-refractivity contribution in [2.75, 3.05) is 23.7 Å². The molecule has 35 heavy (non-hydrogen) atoms. The van der Waals surface area contributed by atoms with Crippen LogP contribution in [0.25, 0.3) is 16.9 Å². The van der Waals surface area contributed by atoms with E-state index in [1.165, 1.54) is 63.9 Å². The van der Waals surface area contributed by atoms with Crippen LogP contribution in [0.3, 0.4) is 0 Å². The lowest BCUT2D eigenvalue weighted by atomic mass is 9.90. The van der Waals surface area contributed by atoms with E-state index in [2.05, 4.69) is 30.5 Å². The molecule has 2 aliphatic rings. The molecule has 1 saturated carbocycles. The molecule has 2 N–H and O–H groups in total. The van der Waals surface area contributed by atoms with E-state index in [1.54, 1.807) is 24.5 Å². The quantitative estimate of drug-likeness (QED) is 0.413. The van der Waals surface area contributed by atoms with Crippen LogP contribution in [0.4, 0.5) is 21.8 Å². The monoisotopic (exact) mass is 472 g/mol. The number of pyridine rings is 2. The minimum absolute atomic E-state index is 0.148. The molecule has 0 aromatic carbocycles. The first-order chi connectivity index (χ1) is 17.2. The van der Waals surface area contributed by atoms with Crippen molar-refractivity contribution in [3.05, 3.63) is 60.8 Å². The van der Waals surface area contributed by atoms with Crippen molar-refractivity contribution in [1.29, 1.82) is 0 Å². The van der Waals surface area contributed by atoms with Gasteiger partial charge < -0.3 is 15.5 Å². The van der Waals surface area contributed by atoms with Gasteiger partial charge in [-0.15, -0.1) is 5.10 Å². The smallest absolute Gasteiger partial charge is 0.167 e. The summed E-state index contributed by atoms with van der Waals surface area (Å²) >= 11 is 0. The zero-order valence-corrected chi connectivity index (χ0v) is 19.6. The first kappa shape index (κ1) is 21.9. The largest absolute Gasteiger partial charge is 0.366 e. The Morgan fingerprint density at radius 1 is 0.857 bits per heavy atom. The maximum Gasteiger partial charge on any atom is 0.167 e. The molecule has 5 heterocycles. The molecule has 0 radical (unpaired) electrons. The fraction of sp³-hybridized carbons (Fsp3) is 0.385. The molecule has 6 rings (SSSR count). The van der Waals surface area contributed by atoms with Crippen LogP contribution >= 0.6 is 0 Å². The van der Waals surface area contributed by atoms with Gasteiger partial charge in [0.1, 0.15) is 11.6 Å². The summed E-state index contributed by atoms with van der Waals surface area (Å²) in [4.78, 5) is 15.6. The van der Waals surface area contributed by atoms with E-state index >= 15 is 0 Å². The van der Waals surface area contributed by atoms with Gasteiger partial charge in [-0.05, 0) is 88.0 Å². The van der Waals surface area contributed by atoms with Gasteiger partial charge in [0.05, 0.1) is 11.9 Å². The number of halogens is 1. The second-order valence-electron chi connectivity index (χ2n) is 9.42. The number of nitrogens with one attached hydrogen (secondary N) is 2. The van der Waals surface area contributed by atoms with Crippen molar-refractivity contribution in [3.8, 4) is 11.3 Å². The van der Waals surface area contributed by atoms with Crippen LogP contribution < -0.4 is 10.6 Å². The van der Waals surface area contributed by atoms with Crippen molar-refractivity contribution in [2.45, 2.75) is 50.6 Å². The summed E-state index contributed by atoms with van der Waals surface area (Å²) in [6, 6.07) is 11.8. The molecule has 1 aliphatic heterocycles. The molecule has 0 bridgehead atoms. The molecule has 9 heteroatoms. The minimum Gasteiger partial charge on any atom is -0.366 e. The van der Waals surface area contributed by atoms with Gasteiger partial charge in [-0.3, -0.25) is 0 Å². The van der Waals surface area contributed by atoms with Crippen molar-refractivity contribution >= 4 is 23.1 Å². The van der Waals surface area contributed by atoms with Crippen LogP contribution in [-0.4, -0.2) is 54.6 Å². The number of likely N-dealkylation sites (tertiary alicyclic amines) is 1. The Labute approximate surface area is 203 Å². The average molecular weight is 473 g/mol. The molecule has 0 amide bonds. The van der Waals surface area contributed by atoms with E-state index in [4.69, 9.17) is 5.10 Å². The molecule has 8 nitrogen and oxygen atoms in total. The SMILES string of the molecule is Fc1cccnc1Nc1ccc(-c2cnc3ccc(N[C@H]4CC[C@H](N5CCCC5)CC4)nn23)cn1. The molecule has 1 aliphatic carbocycles. The topological polar surface area (TPSA) is 83.3 Å². The fourth-order valence-corrected chi connectivity index (χ4v) is 5.27. The molecule has 0 unspecified atom stereocenters. The van der Waals surface area contributed by atoms with E-state index < -0.39 is 5.82 Å². The van der Waals surface area contributed by atoms with Gasteiger partial charge in [-0.25, -0.2) is 23.9 Å². The van der Waals surface area contributed by atoms with Crippen LogP contribution in [0.5, 0.6) is 0 Å². The Morgan fingerprint density at radius 2 is 1.69 bits per heavy atom. The predicted octanol–water partition coefficient (Wildman–Crippen LogP) is 4.89. The van der Waals surface area contributed by atoms with Gasteiger partial charge >= 0.3 is 0 Å². The lowest BCUT2D eigenvalue weighted by Gasteiger charge is -2.34. The van der Waals surface area contributed by atoms with E-state index in [9.17, 15) is 4.39 Å². The lowest BCUT2D eigenvalue weighted by Crippen LogP contribution is -2.39. The Bertz CT molecular complexity index is 1290. The molecule has 0 spiro atoms. The number of imidazole rings is 1. The summed E-state index contributed by atoms with van der Waals surface area (Å²) in [5.74, 6) is 1.10. The molecular formula is C26H29FN8. The third-order valence-electron chi connectivity index (χ3n) is 7.13. The number of aromatic nitrogens is 5. The van der Waals surface area contributed by atoms with E-state index in [0.717, 1.165) is 28.8 Å². The number of anilines is 3. The summed E-state index contributed by atoms with van der Waals surface area (Å²) in [5, 5.41) is 11.4. The molecule has 2 fully saturated rings. The van der Waals surface area contributed by atoms with Gasteiger partial charge in [-0.1, -0.05) is 0 Å². The van der Waals surface area contributed by atoms with E-state index in [1.807, 2.05) is 22.7 Å². The third-order valence-corrected chi connectivity index (χ3v) is 7.13. The molecule has 1 saturated heterocycles. The number of nitrogens with zero attached hydrogens (tertiary/aromatic N) is 6. The van der Waals surface area contributed by atoms with Crippen LogP contribution in [0, 0.1) is 5.82 Å². The van der Waals surface area contributed by atoms with E-state index in [0.29, 0.717) is 11.9 Å². The fourth-order valence-electron chi connectivity index (χ4n) is 5.27. The predicted molar refractivity (Wildman–Crippen MR) is 134 cm³/mol. The summed E-state index contributed by atoms with van der Waals surface area (Å²) in [7, 11) is 0. The van der Waals surface area contributed by atoms with Gasteiger partial charge in [-0.2, -0.15) is 0 Å². The Hall–Kier alpha value is -3.59. The summed E-state index contributed by atoms with van der Waals surface area (Å²) in [6.45, 7) is 2.55. The highest BCUT2D eigenvalue weighted by Gasteiger charge is 2.27. The summed E-state index contributed by atoms with van der Waals surface area (Å²) in [5.41, 5.74) is 2.51. The Kier molecular flexibility index (Phi) is 5.99. The van der Waals surface area contributed by atoms with Crippen molar-refractivity contribution in [1.82, 2.24) is 29.5 Å². The van der Waals surface area contributed by atoms with Gasteiger partial charge in [0.2, 0.25) is 0 Å². The summed E-state index contributed by atoms with van der Waals surface area (Å²) < 4.78 is 15.7. The average Bonchev–Trinajstić information content (AvgIpc) is 3.57. The first-order valence-electron chi connectivity index (χ1n) is 12.4. The number of hydrogen-bond acceptors (Lipinski definition) is 7. The minimum atomic E-state index is -0.422. The first-order valence-corrected chi connectivity index (χ1v) is 12.4. The van der Waals surface area contributed by atoms with Crippen LogP contribution in [0.2, 0.25) is 0 Å². The molecule has 4 aromatic rings. The van der Waals surface area contributed by atoms with Crippen molar-refractivity contribution < 1.29 is 4.39 Å². The van der Waals surface area contributed by atoms with Crippen LogP contribution in [0.15, 0.2) is 55.0 Å². The maximum absolute atomic E-state index is 13.9. The third kappa shape index (κ3) is 4.68. The van der Waals surface area contributed by atoms with Gasteiger partial charge in [0.15, 0.2) is 17.3 Å². The molecular weight excluding hydrogens is 443 g/mol. The van der Waals surface area contributed by atoms with Crippen LogP contribution in [-0.2, 0) is 0 Å². The normalized spacial score (nSPS) is 20.8. The highest BCUT2D eigenvalue weighted by molar-refractivity contribution is 5.65. The summed E-state index contributed by atoms with van der Waals surface area (Å²) in [6.07, 6.45) is 12.6. The Morgan fingerprint density at radius 3 is 2.46 bits per heavy atom. The van der Waals surface area contributed by atoms with E-state index in [-0.39, 0.29) is 5.82 Å². The van der Waals surface area contributed by atoms with Gasteiger partial charge in [0, 0.05) is 30.0 Å². The zero-order valence-electron chi connectivity index (χ0n) is 19.6. The molecule has 180 valence electrons. The van der Waals surface area contributed by atoms with Crippen molar-refractivity contribution in [3.63, 3.8) is 0 Å². The molecule has 0 atom stereocenters. The maximum atomic E-state index is 13.9. The highest BCUT2D eigenvalue weighted by atomic mass is 19.1. The zero-order chi connectivity index (χ0) is 23.6.